The molecule has 0 aliphatic carbocycles. The summed E-state index contributed by atoms with van der Waals surface area (Å²) in [6, 6.07) is 10.5. The van der Waals surface area contributed by atoms with E-state index < -0.39 is 16.1 Å². The van der Waals surface area contributed by atoms with Gasteiger partial charge < -0.3 is 5.32 Å². The smallest absolute Gasteiger partial charge is 0.243 e. The topological polar surface area (TPSA) is 69.7 Å². The van der Waals surface area contributed by atoms with Crippen molar-refractivity contribution in [3.05, 3.63) is 59.4 Å². The second kappa shape index (κ2) is 8.61. The first kappa shape index (κ1) is 21.4. The second-order valence-corrected chi connectivity index (χ2v) is 9.29. The molecule has 2 aromatic carbocycles. The Kier molecular flexibility index (Phi) is 6.36. The minimum absolute atomic E-state index is 0.206. The summed E-state index contributed by atoms with van der Waals surface area (Å²) in [6.45, 7) is 7.09. The van der Waals surface area contributed by atoms with Crippen molar-refractivity contribution in [2.75, 3.05) is 31.5 Å². The summed E-state index contributed by atoms with van der Waals surface area (Å²) in [7, 11) is -3.56. The Bertz CT molecular complexity index is 985. The average Bonchev–Trinajstić information content (AvgIpc) is 2.69. The lowest BCUT2D eigenvalue weighted by atomic mass is 10.2. The summed E-state index contributed by atoms with van der Waals surface area (Å²) in [5.41, 5.74) is 2.28. The molecule has 29 heavy (non-hydrogen) atoms. The van der Waals surface area contributed by atoms with Crippen LogP contribution in [0.5, 0.6) is 0 Å². The number of sulfonamides is 1. The van der Waals surface area contributed by atoms with Gasteiger partial charge in [-0.15, -0.1) is 0 Å². The predicted octanol–water partition coefficient (Wildman–Crippen LogP) is 2.78. The fraction of sp³-hybridized carbons (Fsp3) is 0.381. The van der Waals surface area contributed by atoms with E-state index in [1.54, 1.807) is 26.0 Å². The molecule has 1 aliphatic rings. The number of amides is 1. The van der Waals surface area contributed by atoms with Crippen LogP contribution < -0.4 is 5.32 Å². The highest BCUT2D eigenvalue weighted by molar-refractivity contribution is 7.89. The van der Waals surface area contributed by atoms with Gasteiger partial charge >= 0.3 is 0 Å². The van der Waals surface area contributed by atoms with E-state index in [4.69, 9.17) is 0 Å². The van der Waals surface area contributed by atoms with Gasteiger partial charge in [-0.2, -0.15) is 4.31 Å². The number of rotatable bonds is 5. The van der Waals surface area contributed by atoms with Crippen LogP contribution in [0.2, 0.25) is 0 Å². The third kappa shape index (κ3) is 4.83. The number of anilines is 1. The number of carbonyl (C=O) groups excluding carboxylic acids is 1. The normalized spacial score (nSPS) is 17.1. The van der Waals surface area contributed by atoms with Crippen molar-refractivity contribution in [1.82, 2.24) is 9.21 Å². The van der Waals surface area contributed by atoms with Crippen LogP contribution >= 0.6 is 0 Å². The predicted molar refractivity (Wildman–Crippen MR) is 111 cm³/mol. The van der Waals surface area contributed by atoms with E-state index in [1.165, 1.54) is 28.6 Å². The molecule has 1 saturated heterocycles. The van der Waals surface area contributed by atoms with Gasteiger partial charge in [-0.3, -0.25) is 9.69 Å². The summed E-state index contributed by atoms with van der Waals surface area (Å²) in [4.78, 5) is 14.8. The molecule has 1 atom stereocenters. The average molecular weight is 420 g/mol. The van der Waals surface area contributed by atoms with Crippen molar-refractivity contribution in [1.29, 1.82) is 0 Å². The molecule has 1 aliphatic heterocycles. The van der Waals surface area contributed by atoms with Crippen molar-refractivity contribution in [3.8, 4) is 0 Å². The molecule has 156 valence electrons. The largest absolute Gasteiger partial charge is 0.325 e. The number of nitrogens with one attached hydrogen (secondary N) is 1. The van der Waals surface area contributed by atoms with Crippen LogP contribution in [0, 0.1) is 19.7 Å². The van der Waals surface area contributed by atoms with Gasteiger partial charge in [0.25, 0.3) is 0 Å². The number of benzene rings is 2. The van der Waals surface area contributed by atoms with Gasteiger partial charge in [0, 0.05) is 31.9 Å². The Hall–Kier alpha value is -2.29. The molecule has 0 aromatic heterocycles. The van der Waals surface area contributed by atoms with Gasteiger partial charge in [-0.25, -0.2) is 12.8 Å². The standard InChI is InChI=1S/C21H26FN3O3S/c1-15-4-9-20(16(2)14-15)29(27,28)25-12-10-24(11-13-25)17(3)21(26)23-19-7-5-18(22)6-8-19/h4-9,14,17H,10-13H2,1-3H3,(H,23,26)/t17-/m0/s1. The van der Waals surface area contributed by atoms with Crippen molar-refractivity contribution >= 4 is 21.6 Å². The van der Waals surface area contributed by atoms with Crippen LogP contribution in [0.3, 0.4) is 0 Å². The van der Waals surface area contributed by atoms with E-state index in [0.29, 0.717) is 36.8 Å². The van der Waals surface area contributed by atoms with Crippen LogP contribution in [-0.4, -0.2) is 55.8 Å². The molecule has 0 radical (unpaired) electrons. The first-order valence-electron chi connectivity index (χ1n) is 9.56. The number of nitrogens with zero attached hydrogens (tertiary/aromatic N) is 2. The Morgan fingerprint density at radius 3 is 2.24 bits per heavy atom. The molecule has 1 heterocycles. The van der Waals surface area contributed by atoms with Crippen molar-refractivity contribution in [3.63, 3.8) is 0 Å². The fourth-order valence-electron chi connectivity index (χ4n) is 3.50. The number of halogens is 1. The molecule has 3 rings (SSSR count). The Morgan fingerprint density at radius 1 is 1.03 bits per heavy atom. The van der Waals surface area contributed by atoms with E-state index in [-0.39, 0.29) is 11.7 Å². The zero-order chi connectivity index (χ0) is 21.2. The minimum Gasteiger partial charge on any atom is -0.325 e. The molecule has 6 nitrogen and oxygen atoms in total. The van der Waals surface area contributed by atoms with Gasteiger partial charge in [-0.05, 0) is 56.7 Å². The molecule has 1 fully saturated rings. The highest BCUT2D eigenvalue weighted by Gasteiger charge is 2.32. The summed E-state index contributed by atoms with van der Waals surface area (Å²) < 4.78 is 40.5. The van der Waals surface area contributed by atoms with Crippen LogP contribution in [0.4, 0.5) is 10.1 Å². The first-order chi connectivity index (χ1) is 13.7. The van der Waals surface area contributed by atoms with Crippen LogP contribution in [0.1, 0.15) is 18.1 Å². The number of piperazine rings is 1. The Labute approximate surface area is 171 Å². The highest BCUT2D eigenvalue weighted by Crippen LogP contribution is 2.22. The fourth-order valence-corrected chi connectivity index (χ4v) is 5.13. The van der Waals surface area contributed by atoms with E-state index in [1.807, 2.05) is 17.9 Å². The molecule has 0 spiro atoms. The molecular formula is C21H26FN3O3S. The maximum absolute atomic E-state index is 13.0. The lowest BCUT2D eigenvalue weighted by Crippen LogP contribution is -2.54. The van der Waals surface area contributed by atoms with Gasteiger partial charge in [0.2, 0.25) is 15.9 Å². The Morgan fingerprint density at radius 2 is 1.66 bits per heavy atom. The maximum atomic E-state index is 13.0. The number of hydrogen-bond donors (Lipinski definition) is 1. The molecule has 2 aromatic rings. The first-order valence-corrected chi connectivity index (χ1v) is 11.0. The number of carbonyl (C=O) groups is 1. The molecule has 8 heteroatoms. The third-order valence-corrected chi connectivity index (χ3v) is 7.32. The number of aryl methyl sites for hydroxylation is 2. The van der Waals surface area contributed by atoms with Crippen LogP contribution in [0.25, 0.3) is 0 Å². The quantitative estimate of drug-likeness (QED) is 0.809. The molecule has 1 amide bonds. The zero-order valence-corrected chi connectivity index (χ0v) is 17.7. The van der Waals surface area contributed by atoms with Gasteiger partial charge in [0.05, 0.1) is 10.9 Å². The highest BCUT2D eigenvalue weighted by atomic mass is 32.2. The van der Waals surface area contributed by atoms with Crippen LogP contribution in [-0.2, 0) is 14.8 Å². The van der Waals surface area contributed by atoms with E-state index >= 15 is 0 Å². The minimum atomic E-state index is -3.56. The summed E-state index contributed by atoms with van der Waals surface area (Å²) in [5, 5.41) is 2.77. The third-order valence-electron chi connectivity index (χ3n) is 5.26. The molecule has 1 N–H and O–H groups in total. The van der Waals surface area contributed by atoms with E-state index in [2.05, 4.69) is 5.32 Å². The summed E-state index contributed by atoms with van der Waals surface area (Å²) >= 11 is 0. The lowest BCUT2D eigenvalue weighted by Gasteiger charge is -2.36. The van der Waals surface area contributed by atoms with Gasteiger partial charge in [0.1, 0.15) is 5.82 Å². The van der Waals surface area contributed by atoms with Crippen molar-refractivity contribution in [2.24, 2.45) is 0 Å². The van der Waals surface area contributed by atoms with Crippen molar-refractivity contribution in [2.45, 2.75) is 31.7 Å². The van der Waals surface area contributed by atoms with Gasteiger partial charge in [0.15, 0.2) is 0 Å². The zero-order valence-electron chi connectivity index (χ0n) is 16.9. The van der Waals surface area contributed by atoms with E-state index in [0.717, 1.165) is 11.1 Å². The van der Waals surface area contributed by atoms with Crippen LogP contribution in [0.15, 0.2) is 47.4 Å². The second-order valence-electron chi connectivity index (χ2n) is 7.38. The molecule has 0 bridgehead atoms. The number of hydrogen-bond acceptors (Lipinski definition) is 4. The lowest BCUT2D eigenvalue weighted by molar-refractivity contribution is -0.121. The SMILES string of the molecule is Cc1ccc(S(=O)(=O)N2CCN([C@@H](C)C(=O)Nc3ccc(F)cc3)CC2)c(C)c1. The molecule has 0 saturated carbocycles. The summed E-state index contributed by atoms with van der Waals surface area (Å²) in [5.74, 6) is -0.570. The molecule has 0 unspecified atom stereocenters. The molecular weight excluding hydrogens is 393 g/mol. The summed E-state index contributed by atoms with van der Waals surface area (Å²) in [6.07, 6.45) is 0. The van der Waals surface area contributed by atoms with E-state index in [9.17, 15) is 17.6 Å². The monoisotopic (exact) mass is 419 g/mol. The van der Waals surface area contributed by atoms with Gasteiger partial charge in [-0.1, -0.05) is 17.7 Å². The Balaban J connectivity index is 1.62. The maximum Gasteiger partial charge on any atom is 0.243 e. The van der Waals surface area contributed by atoms with Crippen molar-refractivity contribution < 1.29 is 17.6 Å².